The minimum atomic E-state index is -0.536. The molecule has 0 aliphatic carbocycles. The molecule has 0 aliphatic heterocycles. The Kier molecular flexibility index (Phi) is 5.00. The predicted octanol–water partition coefficient (Wildman–Crippen LogP) is 1.85. The lowest BCUT2D eigenvalue weighted by atomic mass is 10.1. The van der Waals surface area contributed by atoms with E-state index in [9.17, 15) is 14.9 Å². The van der Waals surface area contributed by atoms with E-state index in [0.717, 1.165) is 0 Å². The number of nitrogens with zero attached hydrogens (tertiary/aromatic N) is 2. The van der Waals surface area contributed by atoms with Crippen LogP contribution >= 0.6 is 0 Å². The quantitative estimate of drug-likeness (QED) is 0.650. The van der Waals surface area contributed by atoms with Gasteiger partial charge in [-0.25, -0.2) is 0 Å². The van der Waals surface area contributed by atoms with Gasteiger partial charge in [0.05, 0.1) is 17.0 Å². The lowest BCUT2D eigenvalue weighted by Gasteiger charge is -2.27. The van der Waals surface area contributed by atoms with Gasteiger partial charge in [0, 0.05) is 19.2 Å². The predicted molar refractivity (Wildman–Crippen MR) is 72.5 cm³/mol. The summed E-state index contributed by atoms with van der Waals surface area (Å²) < 4.78 is 0. The van der Waals surface area contributed by atoms with Crippen molar-refractivity contribution >= 4 is 11.6 Å². The number of nitro groups is 1. The maximum Gasteiger partial charge on any atom is 0.269 e. The van der Waals surface area contributed by atoms with Gasteiger partial charge in [-0.05, 0) is 18.9 Å². The van der Waals surface area contributed by atoms with Gasteiger partial charge in [-0.2, -0.15) is 0 Å². The van der Waals surface area contributed by atoms with Crippen LogP contribution in [0.4, 0.5) is 5.69 Å². The highest BCUT2D eigenvalue weighted by atomic mass is 16.6. The van der Waals surface area contributed by atoms with E-state index in [2.05, 4.69) is 0 Å². The largest absolute Gasteiger partial charge is 0.338 e. The van der Waals surface area contributed by atoms with E-state index in [1.54, 1.807) is 19.2 Å². The molecule has 6 nitrogen and oxygen atoms in total. The van der Waals surface area contributed by atoms with Crippen LogP contribution in [0.2, 0.25) is 0 Å². The zero-order chi connectivity index (χ0) is 14.6. The summed E-state index contributed by atoms with van der Waals surface area (Å²) in [5.74, 6) is -0.165. The van der Waals surface area contributed by atoms with Gasteiger partial charge >= 0.3 is 0 Å². The van der Waals surface area contributed by atoms with E-state index in [4.69, 9.17) is 5.73 Å². The molecular formula is C13H19N3O3. The van der Waals surface area contributed by atoms with E-state index >= 15 is 0 Å². The maximum absolute atomic E-state index is 12.0. The summed E-state index contributed by atoms with van der Waals surface area (Å²) in [5, 5.41) is 10.7. The smallest absolute Gasteiger partial charge is 0.269 e. The Balaban J connectivity index is 2.93. The maximum atomic E-state index is 12.0. The van der Waals surface area contributed by atoms with E-state index in [-0.39, 0.29) is 17.6 Å². The van der Waals surface area contributed by atoms with Gasteiger partial charge in [0.2, 0.25) is 5.91 Å². The Morgan fingerprint density at radius 1 is 1.53 bits per heavy atom. The van der Waals surface area contributed by atoms with Crippen molar-refractivity contribution in [1.82, 2.24) is 4.90 Å². The van der Waals surface area contributed by atoms with Crippen molar-refractivity contribution in [1.29, 1.82) is 0 Å². The zero-order valence-electron chi connectivity index (χ0n) is 11.4. The van der Waals surface area contributed by atoms with E-state index < -0.39 is 11.0 Å². The van der Waals surface area contributed by atoms with Crippen molar-refractivity contribution in [3.05, 3.63) is 39.9 Å². The van der Waals surface area contributed by atoms with Crippen LogP contribution in [0.5, 0.6) is 0 Å². The molecule has 0 radical (unpaired) electrons. The van der Waals surface area contributed by atoms with Crippen molar-refractivity contribution in [3.63, 3.8) is 0 Å². The van der Waals surface area contributed by atoms with Crippen LogP contribution in [0.1, 0.15) is 31.9 Å². The minimum Gasteiger partial charge on any atom is -0.338 e. The molecule has 0 fully saturated rings. The minimum absolute atomic E-state index is 0.0185. The molecule has 0 spiro atoms. The molecule has 1 amide bonds. The summed E-state index contributed by atoms with van der Waals surface area (Å²) in [7, 11) is 1.65. The molecule has 2 atom stereocenters. The molecule has 1 unspecified atom stereocenters. The van der Waals surface area contributed by atoms with E-state index in [1.165, 1.54) is 17.0 Å². The van der Waals surface area contributed by atoms with Crippen LogP contribution in [-0.4, -0.2) is 28.8 Å². The lowest BCUT2D eigenvalue weighted by Crippen LogP contribution is -2.42. The number of nitro benzene ring substituents is 1. The number of benzene rings is 1. The monoisotopic (exact) mass is 265 g/mol. The van der Waals surface area contributed by atoms with Gasteiger partial charge in [-0.1, -0.05) is 19.1 Å². The van der Waals surface area contributed by atoms with Crippen molar-refractivity contribution in [3.8, 4) is 0 Å². The van der Waals surface area contributed by atoms with E-state index in [0.29, 0.717) is 12.0 Å². The molecule has 19 heavy (non-hydrogen) atoms. The van der Waals surface area contributed by atoms with Gasteiger partial charge in [-0.3, -0.25) is 14.9 Å². The second kappa shape index (κ2) is 6.29. The number of nitrogens with two attached hydrogens (primary N) is 1. The first-order valence-electron chi connectivity index (χ1n) is 6.15. The number of hydrogen-bond acceptors (Lipinski definition) is 4. The molecule has 0 aliphatic rings. The Hall–Kier alpha value is -1.95. The summed E-state index contributed by atoms with van der Waals surface area (Å²) >= 11 is 0. The average Bonchev–Trinajstić information content (AvgIpc) is 2.44. The van der Waals surface area contributed by atoms with Crippen molar-refractivity contribution < 1.29 is 9.72 Å². The third kappa shape index (κ3) is 3.51. The third-order valence-corrected chi connectivity index (χ3v) is 3.25. The van der Waals surface area contributed by atoms with Crippen LogP contribution in [-0.2, 0) is 4.79 Å². The second-order valence-corrected chi connectivity index (χ2v) is 4.49. The Morgan fingerprint density at radius 2 is 2.16 bits per heavy atom. The fraction of sp³-hybridized carbons (Fsp3) is 0.462. The van der Waals surface area contributed by atoms with Crippen molar-refractivity contribution in [2.75, 3.05) is 7.05 Å². The van der Waals surface area contributed by atoms with Gasteiger partial charge in [-0.15, -0.1) is 0 Å². The Labute approximate surface area is 112 Å². The molecule has 1 rings (SSSR count). The van der Waals surface area contributed by atoms with Gasteiger partial charge in [0.15, 0.2) is 0 Å². The topological polar surface area (TPSA) is 89.5 Å². The highest BCUT2D eigenvalue weighted by molar-refractivity contribution is 5.81. The molecular weight excluding hydrogens is 246 g/mol. The second-order valence-electron chi connectivity index (χ2n) is 4.49. The molecule has 0 heterocycles. The molecule has 0 aromatic heterocycles. The van der Waals surface area contributed by atoms with Crippen LogP contribution in [0, 0.1) is 10.1 Å². The number of likely N-dealkylation sites (N-methyl/N-ethyl adjacent to an activating group) is 1. The van der Waals surface area contributed by atoms with E-state index in [1.807, 2.05) is 13.8 Å². The van der Waals surface area contributed by atoms with Gasteiger partial charge in [0.25, 0.3) is 5.69 Å². The summed E-state index contributed by atoms with van der Waals surface area (Å²) in [6, 6.07) is 5.49. The normalized spacial score (nSPS) is 13.7. The van der Waals surface area contributed by atoms with Crippen molar-refractivity contribution in [2.45, 2.75) is 32.4 Å². The first kappa shape index (κ1) is 15.1. The average molecular weight is 265 g/mol. The number of hydrogen-bond donors (Lipinski definition) is 1. The van der Waals surface area contributed by atoms with Crippen LogP contribution < -0.4 is 5.73 Å². The highest BCUT2D eigenvalue weighted by Gasteiger charge is 2.22. The van der Waals surface area contributed by atoms with Gasteiger partial charge < -0.3 is 10.6 Å². The lowest BCUT2D eigenvalue weighted by molar-refractivity contribution is -0.384. The number of non-ortho nitro benzene ring substituents is 1. The van der Waals surface area contributed by atoms with Crippen LogP contribution in [0.25, 0.3) is 0 Å². The summed E-state index contributed by atoms with van der Waals surface area (Å²) in [6.07, 6.45) is 0.560. The summed E-state index contributed by atoms with van der Waals surface area (Å²) in [5.41, 5.74) is 6.45. The Morgan fingerprint density at radius 3 is 2.68 bits per heavy atom. The number of amides is 1. The number of carbonyl (C=O) groups excluding carboxylic acids is 1. The number of carbonyl (C=O) groups is 1. The Bertz CT molecular complexity index is 476. The fourth-order valence-corrected chi connectivity index (χ4v) is 1.75. The molecule has 0 saturated heterocycles. The zero-order valence-corrected chi connectivity index (χ0v) is 11.4. The third-order valence-electron chi connectivity index (χ3n) is 3.25. The molecule has 1 aromatic rings. The van der Waals surface area contributed by atoms with Gasteiger partial charge in [0.1, 0.15) is 0 Å². The summed E-state index contributed by atoms with van der Waals surface area (Å²) in [6.45, 7) is 3.66. The van der Waals surface area contributed by atoms with Crippen LogP contribution in [0.15, 0.2) is 24.3 Å². The van der Waals surface area contributed by atoms with Crippen LogP contribution in [0.3, 0.4) is 0 Å². The standard InChI is InChI=1S/C13H19N3O3/c1-4-12(14)13(17)15(3)9(2)10-6-5-7-11(8-10)16(18)19/h5-9,12H,4,14H2,1-3H3/t9?,12-/m0/s1. The molecule has 6 heteroatoms. The molecule has 1 aromatic carbocycles. The highest BCUT2D eigenvalue weighted by Crippen LogP contribution is 2.23. The summed E-state index contributed by atoms with van der Waals surface area (Å²) in [4.78, 5) is 23.8. The molecule has 2 N–H and O–H groups in total. The first-order valence-corrected chi connectivity index (χ1v) is 6.15. The molecule has 104 valence electrons. The molecule has 0 saturated carbocycles. The fourth-order valence-electron chi connectivity index (χ4n) is 1.75. The SMILES string of the molecule is CC[C@H](N)C(=O)N(C)C(C)c1cccc([N+](=O)[O-])c1. The first-order chi connectivity index (χ1) is 8.88. The number of rotatable bonds is 5. The van der Waals surface area contributed by atoms with Crippen molar-refractivity contribution in [2.24, 2.45) is 5.73 Å². The molecule has 0 bridgehead atoms.